The molecule has 88 valence electrons. The highest BCUT2D eigenvalue weighted by Crippen LogP contribution is 2.19. The molecule has 0 unspecified atom stereocenters. The largest absolute Gasteiger partial charge is 0.478 e. The third-order valence-electron chi connectivity index (χ3n) is 2.52. The maximum Gasteiger partial charge on any atom is 0.335 e. The van der Waals surface area contributed by atoms with Crippen LogP contribution in [-0.2, 0) is 12.8 Å². The molecule has 1 N–H and O–H groups in total. The van der Waals surface area contributed by atoms with Gasteiger partial charge in [0.15, 0.2) is 0 Å². The summed E-state index contributed by atoms with van der Waals surface area (Å²) in [6, 6.07) is 8.96. The number of hydrogen-bond donors (Lipinski definition) is 1. The molecule has 0 radical (unpaired) electrons. The molecule has 17 heavy (non-hydrogen) atoms. The van der Waals surface area contributed by atoms with Crippen molar-refractivity contribution >= 4 is 28.9 Å². The van der Waals surface area contributed by atoms with E-state index in [4.69, 9.17) is 16.7 Å². The minimum atomic E-state index is -0.900. The Morgan fingerprint density at radius 1 is 1.29 bits per heavy atom. The minimum Gasteiger partial charge on any atom is -0.478 e. The molecule has 2 aromatic rings. The molecule has 1 aromatic heterocycles. The van der Waals surface area contributed by atoms with Crippen molar-refractivity contribution < 1.29 is 9.90 Å². The SMILES string of the molecule is O=C(O)c1ccc(Cl)cc1CCc1cccs1. The van der Waals surface area contributed by atoms with Crippen LogP contribution in [0.2, 0.25) is 5.02 Å². The van der Waals surface area contributed by atoms with Gasteiger partial charge in [0.25, 0.3) is 0 Å². The number of carboxylic acids is 1. The lowest BCUT2D eigenvalue weighted by molar-refractivity contribution is 0.0695. The molecule has 0 spiro atoms. The average molecular weight is 267 g/mol. The highest BCUT2D eigenvalue weighted by Gasteiger charge is 2.10. The van der Waals surface area contributed by atoms with Gasteiger partial charge in [0.2, 0.25) is 0 Å². The molecule has 0 bridgehead atoms. The number of thiophene rings is 1. The fourth-order valence-electron chi connectivity index (χ4n) is 1.69. The maximum atomic E-state index is 11.1. The van der Waals surface area contributed by atoms with Crippen molar-refractivity contribution in [2.45, 2.75) is 12.8 Å². The fourth-order valence-corrected chi connectivity index (χ4v) is 2.59. The van der Waals surface area contributed by atoms with Gasteiger partial charge in [0, 0.05) is 9.90 Å². The summed E-state index contributed by atoms with van der Waals surface area (Å²) in [5.41, 5.74) is 1.13. The lowest BCUT2D eigenvalue weighted by atomic mass is 10.0. The molecule has 0 saturated heterocycles. The van der Waals surface area contributed by atoms with E-state index in [-0.39, 0.29) is 0 Å². The van der Waals surface area contributed by atoms with Crippen molar-refractivity contribution in [2.75, 3.05) is 0 Å². The van der Waals surface area contributed by atoms with Gasteiger partial charge in [-0.15, -0.1) is 11.3 Å². The summed E-state index contributed by atoms with van der Waals surface area (Å²) in [5.74, 6) is -0.900. The van der Waals surface area contributed by atoms with Gasteiger partial charge in [0.1, 0.15) is 0 Å². The average Bonchev–Trinajstić information content (AvgIpc) is 2.78. The van der Waals surface area contributed by atoms with Crippen LogP contribution in [0.3, 0.4) is 0 Å². The molecule has 2 rings (SSSR count). The van der Waals surface area contributed by atoms with Gasteiger partial charge in [-0.3, -0.25) is 0 Å². The van der Waals surface area contributed by atoms with Crippen LogP contribution in [-0.4, -0.2) is 11.1 Å². The second-order valence-electron chi connectivity index (χ2n) is 3.69. The summed E-state index contributed by atoms with van der Waals surface area (Å²) < 4.78 is 0. The molecule has 2 nitrogen and oxygen atoms in total. The summed E-state index contributed by atoms with van der Waals surface area (Å²) in [4.78, 5) is 12.3. The van der Waals surface area contributed by atoms with E-state index in [2.05, 4.69) is 6.07 Å². The van der Waals surface area contributed by atoms with Crippen LogP contribution in [0.15, 0.2) is 35.7 Å². The first kappa shape index (κ1) is 12.1. The van der Waals surface area contributed by atoms with Crippen molar-refractivity contribution in [1.82, 2.24) is 0 Å². The van der Waals surface area contributed by atoms with Crippen LogP contribution in [0.25, 0.3) is 0 Å². The van der Waals surface area contributed by atoms with Crippen LogP contribution in [0.1, 0.15) is 20.8 Å². The Morgan fingerprint density at radius 3 is 2.76 bits per heavy atom. The molecule has 0 atom stereocenters. The van der Waals surface area contributed by atoms with Crippen molar-refractivity contribution in [3.8, 4) is 0 Å². The first-order valence-electron chi connectivity index (χ1n) is 5.21. The first-order chi connectivity index (χ1) is 8.16. The number of rotatable bonds is 4. The Balaban J connectivity index is 2.19. The number of carbonyl (C=O) groups is 1. The number of halogens is 1. The van der Waals surface area contributed by atoms with Gasteiger partial charge in [-0.1, -0.05) is 17.7 Å². The molecule has 4 heteroatoms. The van der Waals surface area contributed by atoms with Crippen molar-refractivity contribution in [2.24, 2.45) is 0 Å². The lowest BCUT2D eigenvalue weighted by Crippen LogP contribution is -2.03. The van der Waals surface area contributed by atoms with Crippen LogP contribution in [0, 0.1) is 0 Å². The van der Waals surface area contributed by atoms with Gasteiger partial charge in [-0.05, 0) is 48.1 Å². The quantitative estimate of drug-likeness (QED) is 0.912. The molecular formula is C13H11ClO2S. The zero-order valence-corrected chi connectivity index (χ0v) is 10.6. The number of carboxylic acid groups (broad SMARTS) is 1. The molecular weight excluding hydrogens is 256 g/mol. The number of benzene rings is 1. The molecule has 0 aliphatic heterocycles. The fraction of sp³-hybridized carbons (Fsp3) is 0.154. The first-order valence-corrected chi connectivity index (χ1v) is 6.46. The van der Waals surface area contributed by atoms with Gasteiger partial charge >= 0.3 is 5.97 Å². The van der Waals surface area contributed by atoms with E-state index in [1.165, 1.54) is 4.88 Å². The highest BCUT2D eigenvalue weighted by molar-refractivity contribution is 7.09. The van der Waals surface area contributed by atoms with Crippen molar-refractivity contribution in [3.05, 3.63) is 56.7 Å². The minimum absolute atomic E-state index is 0.339. The third kappa shape index (κ3) is 3.08. The second-order valence-corrected chi connectivity index (χ2v) is 5.15. The van der Waals surface area contributed by atoms with Crippen LogP contribution >= 0.6 is 22.9 Å². The van der Waals surface area contributed by atoms with Crippen LogP contribution < -0.4 is 0 Å². The van der Waals surface area contributed by atoms with E-state index in [1.54, 1.807) is 29.5 Å². The molecule has 0 aliphatic rings. The van der Waals surface area contributed by atoms with E-state index in [0.29, 0.717) is 17.0 Å². The predicted molar refractivity (Wildman–Crippen MR) is 70.1 cm³/mol. The summed E-state index contributed by atoms with van der Waals surface area (Å²) in [5, 5.41) is 11.7. The molecule has 1 heterocycles. The van der Waals surface area contributed by atoms with E-state index in [0.717, 1.165) is 12.0 Å². The zero-order chi connectivity index (χ0) is 12.3. The molecule has 0 saturated carbocycles. The maximum absolute atomic E-state index is 11.1. The standard InChI is InChI=1S/C13H11ClO2S/c14-10-4-6-12(13(15)16)9(8-10)3-5-11-2-1-7-17-11/h1-2,4,6-8H,3,5H2,(H,15,16). The summed E-state index contributed by atoms with van der Waals surface area (Å²) in [7, 11) is 0. The second kappa shape index (κ2) is 5.34. The van der Waals surface area contributed by atoms with Crippen molar-refractivity contribution in [1.29, 1.82) is 0 Å². The monoisotopic (exact) mass is 266 g/mol. The Kier molecular flexibility index (Phi) is 3.82. The van der Waals surface area contributed by atoms with Crippen LogP contribution in [0.4, 0.5) is 0 Å². The zero-order valence-electron chi connectivity index (χ0n) is 9.02. The van der Waals surface area contributed by atoms with E-state index in [1.807, 2.05) is 11.4 Å². The van der Waals surface area contributed by atoms with Crippen LogP contribution in [0.5, 0.6) is 0 Å². The van der Waals surface area contributed by atoms with E-state index >= 15 is 0 Å². The Morgan fingerprint density at radius 2 is 2.12 bits per heavy atom. The normalized spacial score (nSPS) is 10.4. The summed E-state index contributed by atoms with van der Waals surface area (Å²) in [6.07, 6.45) is 1.54. The van der Waals surface area contributed by atoms with Crippen molar-refractivity contribution in [3.63, 3.8) is 0 Å². The lowest BCUT2D eigenvalue weighted by Gasteiger charge is -2.05. The van der Waals surface area contributed by atoms with Gasteiger partial charge in [0.05, 0.1) is 5.56 Å². The number of aromatic carboxylic acids is 1. The summed E-state index contributed by atoms with van der Waals surface area (Å²) >= 11 is 7.57. The molecule has 1 aromatic carbocycles. The van der Waals surface area contributed by atoms with E-state index in [9.17, 15) is 4.79 Å². The molecule has 0 fully saturated rings. The number of hydrogen-bond acceptors (Lipinski definition) is 2. The van der Waals surface area contributed by atoms with Gasteiger partial charge in [-0.2, -0.15) is 0 Å². The topological polar surface area (TPSA) is 37.3 Å². The Bertz CT molecular complexity index is 520. The predicted octanol–water partition coefficient (Wildman–Crippen LogP) is 3.88. The Hall–Kier alpha value is -1.32. The highest BCUT2D eigenvalue weighted by atomic mass is 35.5. The number of aryl methyl sites for hydroxylation is 2. The van der Waals surface area contributed by atoms with E-state index < -0.39 is 5.97 Å². The third-order valence-corrected chi connectivity index (χ3v) is 3.69. The van der Waals surface area contributed by atoms with Gasteiger partial charge in [-0.25, -0.2) is 4.79 Å². The smallest absolute Gasteiger partial charge is 0.335 e. The summed E-state index contributed by atoms with van der Waals surface area (Å²) in [6.45, 7) is 0. The van der Waals surface area contributed by atoms with Gasteiger partial charge < -0.3 is 5.11 Å². The Labute approximate surface area is 108 Å². The molecule has 0 aliphatic carbocycles. The molecule has 0 amide bonds.